The number of nitrogens with zero attached hydrogens (tertiary/aromatic N) is 1. The molecule has 0 unspecified atom stereocenters. The Kier molecular flexibility index (Phi) is 3.58. The van der Waals surface area contributed by atoms with E-state index in [-0.39, 0.29) is 17.8 Å². The molecule has 22 heavy (non-hydrogen) atoms. The van der Waals surface area contributed by atoms with Crippen LogP contribution in [-0.4, -0.2) is 17.9 Å². The Morgan fingerprint density at radius 3 is 2.55 bits per heavy atom. The summed E-state index contributed by atoms with van der Waals surface area (Å²) in [6.45, 7) is 0. The molecule has 1 aliphatic heterocycles. The Hall–Kier alpha value is -2.76. The van der Waals surface area contributed by atoms with E-state index in [2.05, 4.69) is 5.32 Å². The molecule has 1 atom stereocenters. The molecular formula is C16H12F2N2O2. The summed E-state index contributed by atoms with van der Waals surface area (Å²) < 4.78 is 26.9. The van der Waals surface area contributed by atoms with Crippen molar-refractivity contribution in [2.75, 3.05) is 10.2 Å². The van der Waals surface area contributed by atoms with Crippen LogP contribution in [0.4, 0.5) is 20.2 Å². The van der Waals surface area contributed by atoms with E-state index in [0.29, 0.717) is 0 Å². The summed E-state index contributed by atoms with van der Waals surface area (Å²) in [5.41, 5.74) is 0.322. The minimum atomic E-state index is -0.868. The first-order valence-corrected chi connectivity index (χ1v) is 6.69. The average molecular weight is 302 g/mol. The van der Waals surface area contributed by atoms with E-state index >= 15 is 0 Å². The Morgan fingerprint density at radius 2 is 1.82 bits per heavy atom. The van der Waals surface area contributed by atoms with E-state index < -0.39 is 29.5 Å². The lowest BCUT2D eigenvalue weighted by Crippen LogP contribution is -2.35. The number of carbonyl (C=O) groups excluding carboxylic acids is 2. The predicted octanol–water partition coefficient (Wildman–Crippen LogP) is 2.71. The molecule has 1 fully saturated rings. The van der Waals surface area contributed by atoms with Gasteiger partial charge in [-0.05, 0) is 30.3 Å². The summed E-state index contributed by atoms with van der Waals surface area (Å²) in [6, 6.07) is 10.3. The van der Waals surface area contributed by atoms with E-state index in [4.69, 9.17) is 0 Å². The number of hydrogen-bond donors (Lipinski definition) is 1. The second-order valence-corrected chi connectivity index (χ2v) is 4.93. The molecular weight excluding hydrogens is 290 g/mol. The average Bonchev–Trinajstić information content (AvgIpc) is 2.76. The highest BCUT2D eigenvalue weighted by Crippen LogP contribution is 2.26. The Bertz CT molecular complexity index is 748. The van der Waals surface area contributed by atoms with Crippen LogP contribution in [0.25, 0.3) is 0 Å². The van der Waals surface area contributed by atoms with Crippen molar-refractivity contribution in [3.8, 4) is 0 Å². The molecule has 0 bridgehead atoms. The molecule has 0 saturated carbocycles. The van der Waals surface area contributed by atoms with E-state index in [9.17, 15) is 18.4 Å². The van der Waals surface area contributed by atoms with Crippen LogP contribution in [0.15, 0.2) is 48.5 Å². The molecule has 6 heteroatoms. The molecule has 0 aromatic heterocycles. The van der Waals surface area contributed by atoms with Crippen LogP contribution in [-0.2, 0) is 9.59 Å². The fourth-order valence-corrected chi connectivity index (χ4v) is 2.40. The van der Waals surface area contributed by atoms with Crippen LogP contribution in [0, 0.1) is 11.6 Å². The molecule has 1 N–H and O–H groups in total. The molecule has 2 aromatic carbocycles. The highest BCUT2D eigenvalue weighted by molar-refractivity contribution is 6.23. The summed E-state index contributed by atoms with van der Waals surface area (Å²) in [5, 5.41) is 2.72. The van der Waals surface area contributed by atoms with Gasteiger partial charge in [0.2, 0.25) is 5.91 Å². The monoisotopic (exact) mass is 302 g/mol. The molecule has 1 aliphatic rings. The van der Waals surface area contributed by atoms with Crippen LogP contribution >= 0.6 is 0 Å². The van der Waals surface area contributed by atoms with Crippen molar-refractivity contribution in [1.82, 2.24) is 0 Å². The van der Waals surface area contributed by atoms with Gasteiger partial charge in [-0.25, -0.2) is 13.7 Å². The zero-order chi connectivity index (χ0) is 15.7. The number of anilines is 2. The molecule has 3 rings (SSSR count). The number of rotatable bonds is 3. The molecule has 1 saturated heterocycles. The summed E-state index contributed by atoms with van der Waals surface area (Å²) in [4.78, 5) is 25.3. The topological polar surface area (TPSA) is 49.4 Å². The van der Waals surface area contributed by atoms with Crippen LogP contribution in [0.3, 0.4) is 0 Å². The highest BCUT2D eigenvalue weighted by atomic mass is 19.1. The zero-order valence-corrected chi connectivity index (χ0v) is 11.4. The van der Waals surface area contributed by atoms with Crippen molar-refractivity contribution >= 4 is 23.2 Å². The standard InChI is InChI=1S/C16H12F2N2O2/c17-10-4-3-5-11(8-10)20-15(21)9-14(16(20)22)19-13-7-2-1-6-12(13)18/h1-8,14,19H,9H2/t14-/m1/s1. The van der Waals surface area contributed by atoms with Gasteiger partial charge in [-0.2, -0.15) is 0 Å². The second kappa shape index (κ2) is 5.55. The minimum Gasteiger partial charge on any atom is -0.371 e. The van der Waals surface area contributed by atoms with Crippen molar-refractivity contribution in [3.05, 3.63) is 60.2 Å². The van der Waals surface area contributed by atoms with E-state index in [0.717, 1.165) is 11.0 Å². The maximum Gasteiger partial charge on any atom is 0.256 e. The molecule has 0 radical (unpaired) electrons. The fourth-order valence-electron chi connectivity index (χ4n) is 2.40. The lowest BCUT2D eigenvalue weighted by atomic mass is 10.2. The molecule has 0 aliphatic carbocycles. The third-order valence-electron chi connectivity index (χ3n) is 3.42. The molecule has 0 spiro atoms. The number of carbonyl (C=O) groups is 2. The molecule has 2 amide bonds. The first-order valence-electron chi connectivity index (χ1n) is 6.69. The number of amides is 2. The second-order valence-electron chi connectivity index (χ2n) is 4.93. The minimum absolute atomic E-state index is 0.107. The van der Waals surface area contributed by atoms with Gasteiger partial charge in [-0.1, -0.05) is 18.2 Å². The number of halogens is 2. The van der Waals surface area contributed by atoms with Crippen molar-refractivity contribution in [1.29, 1.82) is 0 Å². The van der Waals surface area contributed by atoms with Gasteiger partial charge in [-0.3, -0.25) is 9.59 Å². The smallest absolute Gasteiger partial charge is 0.256 e. The van der Waals surface area contributed by atoms with Crippen LogP contribution in [0.5, 0.6) is 0 Å². The molecule has 2 aromatic rings. The Balaban J connectivity index is 1.84. The number of nitrogens with one attached hydrogen (secondary N) is 1. The largest absolute Gasteiger partial charge is 0.371 e. The van der Waals surface area contributed by atoms with Gasteiger partial charge < -0.3 is 5.32 Å². The zero-order valence-electron chi connectivity index (χ0n) is 11.4. The van der Waals surface area contributed by atoms with Crippen molar-refractivity contribution in [2.24, 2.45) is 0 Å². The number of para-hydroxylation sites is 1. The number of hydrogen-bond acceptors (Lipinski definition) is 3. The normalized spacial score (nSPS) is 17.9. The van der Waals surface area contributed by atoms with Gasteiger partial charge >= 0.3 is 0 Å². The van der Waals surface area contributed by atoms with Gasteiger partial charge in [0.15, 0.2) is 0 Å². The summed E-state index contributed by atoms with van der Waals surface area (Å²) in [7, 11) is 0. The van der Waals surface area contributed by atoms with Crippen LogP contribution < -0.4 is 10.2 Å². The maximum absolute atomic E-state index is 13.6. The first kappa shape index (κ1) is 14.2. The van der Waals surface area contributed by atoms with Crippen molar-refractivity contribution < 1.29 is 18.4 Å². The summed E-state index contributed by atoms with van der Waals surface area (Å²) in [6.07, 6.45) is -0.107. The maximum atomic E-state index is 13.6. The van der Waals surface area contributed by atoms with E-state index in [1.165, 1.54) is 36.4 Å². The molecule has 112 valence electrons. The summed E-state index contributed by atoms with van der Waals surface area (Å²) >= 11 is 0. The lowest BCUT2D eigenvalue weighted by Gasteiger charge is -2.16. The van der Waals surface area contributed by atoms with Gasteiger partial charge in [0.05, 0.1) is 17.8 Å². The Labute approximate surface area is 125 Å². The van der Waals surface area contributed by atoms with Crippen molar-refractivity contribution in [3.63, 3.8) is 0 Å². The van der Waals surface area contributed by atoms with Crippen LogP contribution in [0.2, 0.25) is 0 Å². The predicted molar refractivity (Wildman–Crippen MR) is 77.3 cm³/mol. The highest BCUT2D eigenvalue weighted by Gasteiger charge is 2.39. The number of benzene rings is 2. The lowest BCUT2D eigenvalue weighted by molar-refractivity contribution is -0.121. The quantitative estimate of drug-likeness (QED) is 0.887. The fraction of sp³-hybridized carbons (Fsp3) is 0.125. The Morgan fingerprint density at radius 1 is 1.05 bits per heavy atom. The first-order chi connectivity index (χ1) is 10.6. The number of imide groups is 1. The van der Waals surface area contributed by atoms with Gasteiger partial charge in [-0.15, -0.1) is 0 Å². The van der Waals surface area contributed by atoms with Crippen LogP contribution in [0.1, 0.15) is 6.42 Å². The van der Waals surface area contributed by atoms with Crippen molar-refractivity contribution in [2.45, 2.75) is 12.5 Å². The molecule has 1 heterocycles. The third-order valence-corrected chi connectivity index (χ3v) is 3.42. The van der Waals surface area contributed by atoms with E-state index in [1.54, 1.807) is 6.07 Å². The van der Waals surface area contributed by atoms with Gasteiger partial charge in [0, 0.05) is 0 Å². The SMILES string of the molecule is O=C1C[C@@H](Nc2ccccc2F)C(=O)N1c1cccc(F)c1. The van der Waals surface area contributed by atoms with Gasteiger partial charge in [0.25, 0.3) is 5.91 Å². The third kappa shape index (κ3) is 2.55. The van der Waals surface area contributed by atoms with E-state index in [1.807, 2.05) is 0 Å². The van der Waals surface area contributed by atoms with Gasteiger partial charge in [0.1, 0.15) is 17.7 Å². The summed E-state index contributed by atoms with van der Waals surface area (Å²) in [5.74, 6) is -2.03. The molecule has 4 nitrogen and oxygen atoms in total.